The van der Waals surface area contributed by atoms with Crippen molar-refractivity contribution in [2.75, 3.05) is 11.9 Å². The molecule has 1 aliphatic heterocycles. The van der Waals surface area contributed by atoms with Crippen LogP contribution in [0.15, 0.2) is 12.3 Å². The van der Waals surface area contributed by atoms with Crippen molar-refractivity contribution in [2.45, 2.75) is 78.3 Å². The lowest BCUT2D eigenvalue weighted by Crippen LogP contribution is -2.51. The maximum Gasteiger partial charge on any atom is 0.325 e. The van der Waals surface area contributed by atoms with Crippen LogP contribution in [0.3, 0.4) is 0 Å². The van der Waals surface area contributed by atoms with Crippen LogP contribution in [-0.2, 0) is 9.59 Å². The summed E-state index contributed by atoms with van der Waals surface area (Å²) in [5.74, 6) is 0.405. The number of nitrogens with zero attached hydrogens (tertiary/aromatic N) is 3. The van der Waals surface area contributed by atoms with E-state index in [1.807, 2.05) is 13.8 Å². The number of rotatable bonds is 6. The summed E-state index contributed by atoms with van der Waals surface area (Å²) in [7, 11) is 0. The van der Waals surface area contributed by atoms with Crippen LogP contribution >= 0.6 is 0 Å². The van der Waals surface area contributed by atoms with Crippen LogP contribution < -0.4 is 10.6 Å². The van der Waals surface area contributed by atoms with Gasteiger partial charge in [-0.3, -0.25) is 14.5 Å². The molecule has 3 rings (SSSR count). The maximum atomic E-state index is 13.1. The molecule has 0 unspecified atom stereocenters. The van der Waals surface area contributed by atoms with Gasteiger partial charge in [0.05, 0.1) is 6.20 Å². The maximum absolute atomic E-state index is 13.1. The van der Waals surface area contributed by atoms with Crippen molar-refractivity contribution < 1.29 is 14.4 Å². The molecule has 2 heterocycles. The number of anilines is 1. The molecule has 0 radical (unpaired) electrons. The van der Waals surface area contributed by atoms with Crippen molar-refractivity contribution in [3.8, 4) is 0 Å². The Morgan fingerprint density at radius 1 is 1.34 bits per heavy atom. The highest BCUT2D eigenvalue weighted by Crippen LogP contribution is 2.45. The average molecular weight is 404 g/mol. The van der Waals surface area contributed by atoms with Gasteiger partial charge in [0.15, 0.2) is 0 Å². The van der Waals surface area contributed by atoms with E-state index < -0.39 is 17.5 Å². The smallest absolute Gasteiger partial charge is 0.323 e. The zero-order chi connectivity index (χ0) is 21.4. The van der Waals surface area contributed by atoms with Gasteiger partial charge in [0, 0.05) is 12.1 Å². The second-order valence-corrected chi connectivity index (χ2v) is 9.32. The molecule has 1 saturated carbocycles. The minimum Gasteiger partial charge on any atom is -0.323 e. The summed E-state index contributed by atoms with van der Waals surface area (Å²) in [5.41, 5.74) is -0.621. The first kappa shape index (κ1) is 21.3. The van der Waals surface area contributed by atoms with E-state index in [9.17, 15) is 14.4 Å². The Kier molecular flexibility index (Phi) is 5.74. The largest absolute Gasteiger partial charge is 0.325 e. The zero-order valence-electron chi connectivity index (χ0n) is 18.1. The standard InChI is InChI=1S/C21H33N5O3/c1-6-20(4,5)15-7-10-21(11-8-15)18(28)25(19(29)24-21)13-17(27)23-16-9-12-22-26(16)14(2)3/h9,12,14-15H,6-8,10-11,13H2,1-5H3,(H,23,27)(H,24,29). The van der Waals surface area contributed by atoms with Crippen LogP contribution in [0.25, 0.3) is 0 Å². The van der Waals surface area contributed by atoms with Crippen molar-refractivity contribution in [1.29, 1.82) is 0 Å². The lowest BCUT2D eigenvalue weighted by molar-refractivity contribution is -0.135. The van der Waals surface area contributed by atoms with Gasteiger partial charge in [0.1, 0.15) is 17.9 Å². The predicted molar refractivity (Wildman–Crippen MR) is 110 cm³/mol. The molecule has 2 N–H and O–H groups in total. The molecule has 1 spiro atoms. The Labute approximate surface area is 172 Å². The van der Waals surface area contributed by atoms with E-state index >= 15 is 0 Å². The Morgan fingerprint density at radius 3 is 2.59 bits per heavy atom. The van der Waals surface area contributed by atoms with Crippen LogP contribution in [0.4, 0.5) is 10.6 Å². The van der Waals surface area contributed by atoms with Crippen LogP contribution in [0.5, 0.6) is 0 Å². The van der Waals surface area contributed by atoms with Crippen molar-refractivity contribution in [3.05, 3.63) is 12.3 Å². The minimum absolute atomic E-state index is 0.0860. The van der Waals surface area contributed by atoms with Crippen LogP contribution in [-0.4, -0.2) is 44.6 Å². The van der Waals surface area contributed by atoms with Gasteiger partial charge in [0.2, 0.25) is 5.91 Å². The normalized spacial score (nSPS) is 25.0. The molecule has 8 heteroatoms. The topological polar surface area (TPSA) is 96.3 Å². The number of carbonyl (C=O) groups is 3. The van der Waals surface area contributed by atoms with Crippen LogP contribution in [0, 0.1) is 11.3 Å². The lowest BCUT2D eigenvalue weighted by atomic mass is 9.65. The molecule has 1 saturated heterocycles. The van der Waals surface area contributed by atoms with E-state index in [2.05, 4.69) is 36.5 Å². The first-order chi connectivity index (χ1) is 13.6. The molecule has 2 aliphatic rings. The second kappa shape index (κ2) is 7.80. The fraction of sp³-hybridized carbons (Fsp3) is 0.714. The number of amides is 4. The van der Waals surface area contributed by atoms with Crippen molar-refractivity contribution in [1.82, 2.24) is 20.0 Å². The molecule has 8 nitrogen and oxygen atoms in total. The fourth-order valence-electron chi connectivity index (χ4n) is 4.49. The first-order valence-corrected chi connectivity index (χ1v) is 10.6. The van der Waals surface area contributed by atoms with E-state index in [0.29, 0.717) is 24.6 Å². The van der Waals surface area contributed by atoms with Crippen molar-refractivity contribution >= 4 is 23.7 Å². The van der Waals surface area contributed by atoms with Gasteiger partial charge in [-0.15, -0.1) is 0 Å². The molecule has 29 heavy (non-hydrogen) atoms. The Bertz CT molecular complexity index is 790. The quantitative estimate of drug-likeness (QED) is 0.712. The van der Waals surface area contributed by atoms with Crippen molar-refractivity contribution in [3.63, 3.8) is 0 Å². The second-order valence-electron chi connectivity index (χ2n) is 9.32. The summed E-state index contributed by atoms with van der Waals surface area (Å²) in [5, 5.41) is 9.82. The van der Waals surface area contributed by atoms with E-state index in [1.165, 1.54) is 0 Å². The first-order valence-electron chi connectivity index (χ1n) is 10.6. The molecule has 160 valence electrons. The van der Waals surface area contributed by atoms with Gasteiger partial charge in [-0.2, -0.15) is 5.10 Å². The molecular formula is C21H33N5O3. The highest BCUT2D eigenvalue weighted by atomic mass is 16.2. The summed E-state index contributed by atoms with van der Waals surface area (Å²) in [6, 6.07) is 1.31. The number of hydrogen-bond acceptors (Lipinski definition) is 4. The van der Waals surface area contributed by atoms with Gasteiger partial charge in [-0.25, -0.2) is 9.48 Å². The molecular weight excluding hydrogens is 370 g/mol. The highest BCUT2D eigenvalue weighted by molar-refractivity contribution is 6.10. The Morgan fingerprint density at radius 2 is 2.00 bits per heavy atom. The minimum atomic E-state index is -0.850. The number of hydrogen-bond donors (Lipinski definition) is 2. The van der Waals surface area contributed by atoms with Gasteiger partial charge < -0.3 is 10.6 Å². The number of imide groups is 1. The highest BCUT2D eigenvalue weighted by Gasteiger charge is 2.53. The number of carbonyl (C=O) groups excluding carboxylic acids is 3. The van der Waals surface area contributed by atoms with E-state index in [0.717, 1.165) is 24.2 Å². The van der Waals surface area contributed by atoms with E-state index in [4.69, 9.17) is 0 Å². The van der Waals surface area contributed by atoms with E-state index in [1.54, 1.807) is 16.9 Å². The zero-order valence-corrected chi connectivity index (χ0v) is 18.1. The van der Waals surface area contributed by atoms with Crippen LogP contribution in [0.2, 0.25) is 0 Å². The predicted octanol–water partition coefficient (Wildman–Crippen LogP) is 3.32. The molecule has 0 aromatic carbocycles. The average Bonchev–Trinajstić information content (AvgIpc) is 3.21. The Balaban J connectivity index is 1.64. The van der Waals surface area contributed by atoms with Gasteiger partial charge >= 0.3 is 6.03 Å². The van der Waals surface area contributed by atoms with Crippen LogP contribution in [0.1, 0.15) is 72.8 Å². The SMILES string of the molecule is CCC(C)(C)C1CCC2(CC1)NC(=O)N(CC(=O)Nc1ccnn1C(C)C)C2=O. The molecule has 4 amide bonds. The molecule has 1 aromatic heterocycles. The number of urea groups is 1. The number of nitrogens with one attached hydrogen (secondary N) is 2. The third-order valence-electron chi connectivity index (χ3n) is 6.83. The summed E-state index contributed by atoms with van der Waals surface area (Å²) in [6.07, 6.45) is 5.76. The molecule has 1 aromatic rings. The molecule has 2 fully saturated rings. The monoisotopic (exact) mass is 403 g/mol. The third kappa shape index (κ3) is 4.02. The molecule has 0 atom stereocenters. The van der Waals surface area contributed by atoms with Gasteiger partial charge in [0.25, 0.3) is 5.91 Å². The number of aromatic nitrogens is 2. The fourth-order valence-corrected chi connectivity index (χ4v) is 4.49. The summed E-state index contributed by atoms with van der Waals surface area (Å²) in [6.45, 7) is 10.4. The Hall–Kier alpha value is -2.38. The van der Waals surface area contributed by atoms with Gasteiger partial charge in [-0.05, 0) is 50.9 Å². The summed E-state index contributed by atoms with van der Waals surface area (Å²) >= 11 is 0. The third-order valence-corrected chi connectivity index (χ3v) is 6.83. The van der Waals surface area contributed by atoms with E-state index in [-0.39, 0.29) is 23.9 Å². The molecule has 0 bridgehead atoms. The summed E-state index contributed by atoms with van der Waals surface area (Å²) in [4.78, 5) is 39.1. The van der Waals surface area contributed by atoms with Gasteiger partial charge in [-0.1, -0.05) is 27.2 Å². The molecule has 1 aliphatic carbocycles. The summed E-state index contributed by atoms with van der Waals surface area (Å²) < 4.78 is 1.68. The lowest BCUT2D eigenvalue weighted by Gasteiger charge is -2.42. The van der Waals surface area contributed by atoms with Crippen molar-refractivity contribution in [2.24, 2.45) is 11.3 Å².